The molecule has 0 fully saturated rings. The van der Waals surface area contributed by atoms with Gasteiger partial charge >= 0.3 is 0 Å². The van der Waals surface area contributed by atoms with E-state index in [0.29, 0.717) is 6.04 Å². The van der Waals surface area contributed by atoms with Gasteiger partial charge in [0.2, 0.25) is 6.33 Å². The lowest BCUT2D eigenvalue weighted by molar-refractivity contribution is -0.715. The van der Waals surface area contributed by atoms with Gasteiger partial charge in [-0.25, -0.2) is 13.5 Å². The van der Waals surface area contributed by atoms with Gasteiger partial charge in [0.1, 0.15) is 23.9 Å². The molecule has 2 aromatic rings. The third kappa shape index (κ3) is 2.70. The van der Waals surface area contributed by atoms with Crippen LogP contribution in [-0.4, -0.2) is 4.57 Å². The van der Waals surface area contributed by atoms with Gasteiger partial charge in [0.15, 0.2) is 0 Å². The van der Waals surface area contributed by atoms with Gasteiger partial charge in [0.05, 0.1) is 6.04 Å². The summed E-state index contributed by atoms with van der Waals surface area (Å²) >= 11 is 0. The van der Waals surface area contributed by atoms with Gasteiger partial charge in [-0.1, -0.05) is 0 Å². The maximum absolute atomic E-state index is 12.7. The van der Waals surface area contributed by atoms with Crippen molar-refractivity contribution in [3.05, 3.63) is 48.8 Å². The number of rotatable bonds is 2. The Labute approximate surface area is 105 Å². The van der Waals surface area contributed by atoms with Gasteiger partial charge in [-0.3, -0.25) is 0 Å². The van der Waals surface area contributed by atoms with Crippen LogP contribution in [0.25, 0.3) is 5.69 Å². The highest BCUT2D eigenvalue weighted by atomic mass is 79.9. The van der Waals surface area contributed by atoms with E-state index in [4.69, 9.17) is 0 Å². The molecule has 0 aliphatic rings. The van der Waals surface area contributed by atoms with E-state index in [-0.39, 0.29) is 22.8 Å². The first-order chi connectivity index (χ1) is 7.16. The highest BCUT2D eigenvalue weighted by molar-refractivity contribution is 5.30. The number of hydrogen-bond acceptors (Lipinski definition) is 0. The molecule has 0 radical (unpaired) electrons. The summed E-state index contributed by atoms with van der Waals surface area (Å²) < 4.78 is 16.8. The van der Waals surface area contributed by atoms with Crippen LogP contribution in [0.3, 0.4) is 0 Å². The molecule has 0 amide bonds. The zero-order chi connectivity index (χ0) is 10.8. The van der Waals surface area contributed by atoms with Crippen LogP contribution in [0.4, 0.5) is 4.39 Å². The Morgan fingerprint density at radius 1 is 1.19 bits per heavy atom. The van der Waals surface area contributed by atoms with E-state index in [1.807, 2.05) is 23.3 Å². The van der Waals surface area contributed by atoms with Crippen molar-refractivity contribution in [3.63, 3.8) is 0 Å². The van der Waals surface area contributed by atoms with E-state index in [1.165, 1.54) is 12.1 Å². The average Bonchev–Trinajstić information content (AvgIpc) is 2.68. The summed E-state index contributed by atoms with van der Waals surface area (Å²) in [6, 6.07) is 6.90. The summed E-state index contributed by atoms with van der Waals surface area (Å²) in [6.07, 6.45) is 5.97. The van der Waals surface area contributed by atoms with E-state index in [1.54, 1.807) is 12.1 Å². The quantitative estimate of drug-likeness (QED) is 0.657. The summed E-state index contributed by atoms with van der Waals surface area (Å²) in [5.41, 5.74) is 0.968. The van der Waals surface area contributed by atoms with Gasteiger partial charge in [-0.15, -0.1) is 0 Å². The van der Waals surface area contributed by atoms with E-state index in [9.17, 15) is 4.39 Å². The highest BCUT2D eigenvalue weighted by Gasteiger charge is 2.08. The monoisotopic (exact) mass is 284 g/mol. The lowest BCUT2D eigenvalue weighted by atomic mass is 10.3. The molecular formula is C12H14BrFN2. The standard InChI is InChI=1S/C12H14FN2.BrH/c1-10(2)14-7-8-15(9-14)12-5-3-11(13)4-6-12;/h3-10H,1-2H3;1H/q+1;/p-1. The van der Waals surface area contributed by atoms with Crippen molar-refractivity contribution in [1.29, 1.82) is 0 Å². The van der Waals surface area contributed by atoms with Crippen molar-refractivity contribution < 1.29 is 25.9 Å². The number of nitrogens with zero attached hydrogens (tertiary/aromatic N) is 2. The Kier molecular flexibility index (Phi) is 4.24. The molecule has 16 heavy (non-hydrogen) atoms. The summed E-state index contributed by atoms with van der Waals surface area (Å²) in [5, 5.41) is 0. The van der Waals surface area contributed by atoms with E-state index < -0.39 is 0 Å². The molecule has 1 heterocycles. The molecule has 0 atom stereocenters. The Bertz CT molecular complexity index is 448. The van der Waals surface area contributed by atoms with Crippen molar-refractivity contribution in [2.24, 2.45) is 0 Å². The molecule has 0 aliphatic carbocycles. The van der Waals surface area contributed by atoms with Gasteiger partial charge in [0, 0.05) is 0 Å². The SMILES string of the molecule is CC(C)[n+]1ccn(-c2ccc(F)cc2)c1.[Br-]. The Balaban J connectivity index is 0.00000128. The van der Waals surface area contributed by atoms with Crippen molar-refractivity contribution in [1.82, 2.24) is 4.57 Å². The molecule has 1 aromatic carbocycles. The minimum Gasteiger partial charge on any atom is -1.00 e. The molecule has 86 valence electrons. The predicted molar refractivity (Wildman–Crippen MR) is 56.3 cm³/mol. The average molecular weight is 285 g/mol. The van der Waals surface area contributed by atoms with Crippen LogP contribution in [0, 0.1) is 5.82 Å². The second kappa shape index (κ2) is 5.25. The van der Waals surface area contributed by atoms with Crippen LogP contribution in [-0.2, 0) is 0 Å². The van der Waals surface area contributed by atoms with Gasteiger partial charge < -0.3 is 17.0 Å². The topological polar surface area (TPSA) is 8.81 Å². The van der Waals surface area contributed by atoms with Crippen LogP contribution in [0.1, 0.15) is 19.9 Å². The molecule has 2 rings (SSSR count). The zero-order valence-corrected chi connectivity index (χ0v) is 10.9. The number of aromatic nitrogens is 2. The first-order valence-electron chi connectivity index (χ1n) is 5.01. The van der Waals surface area contributed by atoms with Crippen LogP contribution in [0.2, 0.25) is 0 Å². The second-order valence-corrected chi connectivity index (χ2v) is 3.84. The summed E-state index contributed by atoms with van der Waals surface area (Å²) in [6.45, 7) is 4.24. The molecule has 0 saturated heterocycles. The zero-order valence-electron chi connectivity index (χ0n) is 9.27. The molecule has 0 aliphatic heterocycles. The molecule has 1 aromatic heterocycles. The minimum atomic E-state index is -0.206. The number of benzene rings is 1. The second-order valence-electron chi connectivity index (χ2n) is 3.84. The molecule has 0 saturated carbocycles. The molecule has 0 unspecified atom stereocenters. The van der Waals surface area contributed by atoms with E-state index in [2.05, 4.69) is 18.4 Å². The van der Waals surface area contributed by atoms with E-state index >= 15 is 0 Å². The lowest BCUT2D eigenvalue weighted by Crippen LogP contribution is -3.00. The molecule has 0 N–H and O–H groups in total. The normalized spacial score (nSPS) is 10.2. The third-order valence-electron chi connectivity index (χ3n) is 2.38. The van der Waals surface area contributed by atoms with Crippen molar-refractivity contribution in [3.8, 4) is 5.69 Å². The fraction of sp³-hybridized carbons (Fsp3) is 0.250. The summed E-state index contributed by atoms with van der Waals surface area (Å²) in [5.74, 6) is -0.206. The van der Waals surface area contributed by atoms with Crippen molar-refractivity contribution >= 4 is 0 Å². The van der Waals surface area contributed by atoms with E-state index in [0.717, 1.165) is 5.69 Å². The molecule has 0 bridgehead atoms. The predicted octanol–water partition coefficient (Wildman–Crippen LogP) is -0.511. The molecule has 4 heteroatoms. The first-order valence-corrected chi connectivity index (χ1v) is 5.01. The Morgan fingerprint density at radius 2 is 1.81 bits per heavy atom. The minimum absolute atomic E-state index is 0. The highest BCUT2D eigenvalue weighted by Crippen LogP contribution is 2.08. The molecular weight excluding hydrogens is 271 g/mol. The fourth-order valence-corrected chi connectivity index (χ4v) is 1.44. The Hall–Kier alpha value is -1.16. The van der Waals surface area contributed by atoms with Gasteiger partial charge in [-0.2, -0.15) is 0 Å². The van der Waals surface area contributed by atoms with Crippen molar-refractivity contribution in [2.45, 2.75) is 19.9 Å². The fourth-order valence-electron chi connectivity index (χ4n) is 1.44. The summed E-state index contributed by atoms with van der Waals surface area (Å²) in [7, 11) is 0. The number of hydrogen-bond donors (Lipinski definition) is 0. The lowest BCUT2D eigenvalue weighted by Gasteiger charge is -1.98. The van der Waals surface area contributed by atoms with Crippen LogP contribution in [0.5, 0.6) is 0 Å². The van der Waals surface area contributed by atoms with Crippen LogP contribution in [0.15, 0.2) is 43.0 Å². The maximum Gasteiger partial charge on any atom is 0.249 e. The van der Waals surface area contributed by atoms with Crippen LogP contribution >= 0.6 is 0 Å². The first kappa shape index (κ1) is 12.9. The molecule has 0 spiro atoms. The van der Waals surface area contributed by atoms with Crippen molar-refractivity contribution in [2.75, 3.05) is 0 Å². The number of halogens is 2. The van der Waals surface area contributed by atoms with Gasteiger partial charge in [-0.05, 0) is 38.1 Å². The van der Waals surface area contributed by atoms with Gasteiger partial charge in [0.25, 0.3) is 0 Å². The molecule has 2 nitrogen and oxygen atoms in total. The number of imidazole rings is 1. The van der Waals surface area contributed by atoms with Crippen LogP contribution < -0.4 is 21.5 Å². The maximum atomic E-state index is 12.7. The third-order valence-corrected chi connectivity index (χ3v) is 2.38. The summed E-state index contributed by atoms with van der Waals surface area (Å²) in [4.78, 5) is 0. The smallest absolute Gasteiger partial charge is 0.249 e. The Morgan fingerprint density at radius 3 is 2.31 bits per heavy atom. The largest absolute Gasteiger partial charge is 1.00 e.